The zero-order valence-electron chi connectivity index (χ0n) is 21.7. The molecule has 6 nitrogen and oxygen atoms in total. The minimum Gasteiger partial charge on any atom is -0.484 e. The smallest absolute Gasteiger partial charge is 0.251 e. The largest absolute Gasteiger partial charge is 0.484 e. The van der Waals surface area contributed by atoms with Crippen molar-refractivity contribution in [3.63, 3.8) is 0 Å². The fraction of sp³-hybridized carbons (Fsp3) is 0.281. The summed E-state index contributed by atoms with van der Waals surface area (Å²) in [5, 5.41) is 3.04. The number of benzene rings is 3. The highest BCUT2D eigenvalue weighted by Crippen LogP contribution is 2.38. The summed E-state index contributed by atoms with van der Waals surface area (Å²) in [6, 6.07) is 22.2. The summed E-state index contributed by atoms with van der Waals surface area (Å²) in [6.45, 7) is 0.622. The summed E-state index contributed by atoms with van der Waals surface area (Å²) in [4.78, 5) is 30.4. The number of hydrogen-bond donors (Lipinski definition) is 1. The molecule has 1 heterocycles. The van der Waals surface area contributed by atoms with Crippen molar-refractivity contribution in [2.45, 2.75) is 61.4 Å². The lowest BCUT2D eigenvalue weighted by Gasteiger charge is -2.25. The molecule has 1 atom stereocenters. The van der Waals surface area contributed by atoms with Crippen LogP contribution in [-0.2, 0) is 18.7 Å². The number of carbonyl (C=O) groups excluding carboxylic acids is 2. The van der Waals surface area contributed by atoms with Crippen LogP contribution < -0.4 is 10.1 Å². The maximum atomic E-state index is 12.8. The van der Waals surface area contributed by atoms with E-state index in [1.54, 1.807) is 24.3 Å². The first-order valence-corrected chi connectivity index (χ1v) is 14.5. The Hall–Kier alpha value is -3.84. The number of Topliss-reactive ketones (excluding diaryl/α,β-unsaturated/α-hetero) is 1. The number of hydrogen-bond acceptors (Lipinski definition) is 5. The molecule has 2 aliphatic carbocycles. The van der Waals surface area contributed by atoms with E-state index in [4.69, 9.17) is 4.74 Å². The Morgan fingerprint density at radius 3 is 2.62 bits per heavy atom. The lowest BCUT2D eigenvalue weighted by atomic mass is 9.87. The lowest BCUT2D eigenvalue weighted by Crippen LogP contribution is -2.25. The van der Waals surface area contributed by atoms with Crippen molar-refractivity contribution < 1.29 is 14.3 Å². The van der Waals surface area contributed by atoms with Crippen LogP contribution in [0.5, 0.6) is 5.75 Å². The summed E-state index contributed by atoms with van der Waals surface area (Å²) in [6.07, 6.45) is 9.76. The standard InChI is InChI=1S/C32H31N3O3S/c36-29-8-4-7-26-27(29)15-16-30(38-31(19-35-18-17-33-21-35)22-5-2-1-3-6-22)28(26)20-39-25-13-9-23(10-14-25)32(37)34-24-11-12-24/h1-3,5-6,9-10,13-18,21,24,31H,4,7-8,11-12,19-20H2,(H,34,37)/t31-/m1/s1. The second-order valence-electron chi connectivity index (χ2n) is 10.2. The summed E-state index contributed by atoms with van der Waals surface area (Å²) in [5.41, 5.74) is 4.77. The topological polar surface area (TPSA) is 73.2 Å². The molecule has 0 saturated heterocycles. The summed E-state index contributed by atoms with van der Waals surface area (Å²) >= 11 is 1.70. The first-order chi connectivity index (χ1) is 19.1. The van der Waals surface area contributed by atoms with Crippen LogP contribution in [0, 0.1) is 0 Å². The monoisotopic (exact) mass is 537 g/mol. The highest BCUT2D eigenvalue weighted by molar-refractivity contribution is 7.98. The minimum absolute atomic E-state index is 0.00905. The highest BCUT2D eigenvalue weighted by Gasteiger charge is 2.25. The van der Waals surface area contributed by atoms with E-state index in [1.807, 2.05) is 65.4 Å². The van der Waals surface area contributed by atoms with Crippen LogP contribution in [0.2, 0.25) is 0 Å². The molecule has 6 rings (SSSR count). The Morgan fingerprint density at radius 1 is 1.05 bits per heavy atom. The van der Waals surface area contributed by atoms with Gasteiger partial charge in [-0.2, -0.15) is 0 Å². The molecular formula is C32H31N3O3S. The minimum atomic E-state index is -0.217. The van der Waals surface area contributed by atoms with E-state index in [-0.39, 0.29) is 17.8 Å². The molecule has 1 saturated carbocycles. The van der Waals surface area contributed by atoms with Gasteiger partial charge in [-0.3, -0.25) is 9.59 Å². The van der Waals surface area contributed by atoms with Crippen LogP contribution >= 0.6 is 11.8 Å². The zero-order valence-corrected chi connectivity index (χ0v) is 22.5. The second kappa shape index (κ2) is 11.5. The molecule has 1 fully saturated rings. The Kier molecular flexibility index (Phi) is 7.50. The van der Waals surface area contributed by atoms with Crippen LogP contribution in [0.3, 0.4) is 0 Å². The summed E-state index contributed by atoms with van der Waals surface area (Å²) in [7, 11) is 0. The summed E-state index contributed by atoms with van der Waals surface area (Å²) < 4.78 is 8.78. The van der Waals surface area contributed by atoms with Crippen LogP contribution in [-0.4, -0.2) is 27.3 Å². The molecule has 0 spiro atoms. The van der Waals surface area contributed by atoms with E-state index in [9.17, 15) is 9.59 Å². The van der Waals surface area contributed by atoms with Gasteiger partial charge in [-0.05, 0) is 73.2 Å². The quantitative estimate of drug-likeness (QED) is 0.237. The first-order valence-electron chi connectivity index (χ1n) is 13.5. The molecule has 1 aromatic heterocycles. The molecule has 2 aliphatic rings. The number of rotatable bonds is 10. The van der Waals surface area contributed by atoms with Crippen LogP contribution in [0.1, 0.15) is 69.2 Å². The average Bonchev–Trinajstić information content (AvgIpc) is 3.63. The van der Waals surface area contributed by atoms with Crippen molar-refractivity contribution in [1.29, 1.82) is 0 Å². The molecule has 0 radical (unpaired) electrons. The maximum absolute atomic E-state index is 12.8. The molecule has 0 aliphatic heterocycles. The van der Waals surface area contributed by atoms with Gasteiger partial charge in [-0.1, -0.05) is 30.3 Å². The van der Waals surface area contributed by atoms with E-state index < -0.39 is 0 Å². The Labute approximate surface area is 232 Å². The number of imidazole rings is 1. The van der Waals surface area contributed by atoms with E-state index in [0.717, 1.165) is 58.6 Å². The second-order valence-corrected chi connectivity index (χ2v) is 11.2. The number of nitrogens with one attached hydrogen (secondary N) is 1. The molecule has 0 unspecified atom stereocenters. The fourth-order valence-corrected chi connectivity index (χ4v) is 5.98. The third kappa shape index (κ3) is 6.09. The summed E-state index contributed by atoms with van der Waals surface area (Å²) in [5.74, 6) is 1.68. The lowest BCUT2D eigenvalue weighted by molar-refractivity contribution is 0.0948. The molecular weight excluding hydrogens is 506 g/mol. The molecule has 4 aromatic rings. The molecule has 198 valence electrons. The Morgan fingerprint density at radius 2 is 1.87 bits per heavy atom. The van der Waals surface area contributed by atoms with Gasteiger partial charge < -0.3 is 14.6 Å². The molecule has 7 heteroatoms. The Balaban J connectivity index is 1.27. The van der Waals surface area contributed by atoms with Gasteiger partial charge in [-0.25, -0.2) is 4.98 Å². The van der Waals surface area contributed by atoms with Crippen LogP contribution in [0.4, 0.5) is 0 Å². The van der Waals surface area contributed by atoms with Gasteiger partial charge in [0.15, 0.2) is 5.78 Å². The van der Waals surface area contributed by atoms with E-state index in [2.05, 4.69) is 22.4 Å². The van der Waals surface area contributed by atoms with Crippen molar-refractivity contribution in [2.24, 2.45) is 0 Å². The van der Waals surface area contributed by atoms with E-state index >= 15 is 0 Å². The number of aromatic nitrogens is 2. The number of amides is 1. The van der Waals surface area contributed by atoms with Crippen molar-refractivity contribution in [3.05, 3.63) is 113 Å². The predicted octanol–water partition coefficient (Wildman–Crippen LogP) is 6.41. The van der Waals surface area contributed by atoms with Gasteiger partial charge >= 0.3 is 0 Å². The van der Waals surface area contributed by atoms with Crippen molar-refractivity contribution in [2.75, 3.05) is 0 Å². The van der Waals surface area contributed by atoms with Crippen LogP contribution in [0.15, 0.2) is 90.3 Å². The van der Waals surface area contributed by atoms with Gasteiger partial charge in [0.25, 0.3) is 5.91 Å². The van der Waals surface area contributed by atoms with Gasteiger partial charge in [0.05, 0.1) is 12.9 Å². The maximum Gasteiger partial charge on any atom is 0.251 e. The van der Waals surface area contributed by atoms with Crippen molar-refractivity contribution >= 4 is 23.5 Å². The molecule has 1 amide bonds. The van der Waals surface area contributed by atoms with E-state index in [1.165, 1.54) is 0 Å². The highest BCUT2D eigenvalue weighted by atomic mass is 32.2. The zero-order chi connectivity index (χ0) is 26.6. The molecule has 1 N–H and O–H groups in total. The first kappa shape index (κ1) is 25.4. The molecule has 39 heavy (non-hydrogen) atoms. The Bertz CT molecular complexity index is 1450. The van der Waals surface area contributed by atoms with Crippen LogP contribution in [0.25, 0.3) is 0 Å². The number of carbonyl (C=O) groups is 2. The van der Waals surface area contributed by atoms with Crippen molar-refractivity contribution in [3.8, 4) is 5.75 Å². The van der Waals surface area contributed by atoms with Gasteiger partial charge in [-0.15, -0.1) is 11.8 Å². The number of thioether (sulfide) groups is 1. The average molecular weight is 538 g/mol. The number of ether oxygens (including phenoxy) is 1. The van der Waals surface area contributed by atoms with Gasteiger partial charge in [0, 0.05) is 52.2 Å². The SMILES string of the molecule is O=C(NC1CC1)c1ccc(SCc2c(O[C@H](Cn3ccnc3)c3ccccc3)ccc3c2CCCC3=O)cc1. The van der Waals surface area contributed by atoms with Gasteiger partial charge in [0.1, 0.15) is 11.9 Å². The predicted molar refractivity (Wildman–Crippen MR) is 152 cm³/mol. The third-order valence-electron chi connectivity index (χ3n) is 7.31. The molecule has 3 aromatic carbocycles. The number of fused-ring (bicyclic) bond motifs is 1. The number of nitrogens with zero attached hydrogens (tertiary/aromatic N) is 2. The fourth-order valence-electron chi connectivity index (χ4n) is 5.02. The van der Waals surface area contributed by atoms with Crippen molar-refractivity contribution in [1.82, 2.24) is 14.9 Å². The normalized spacial score (nSPS) is 15.4. The molecule has 0 bridgehead atoms. The van der Waals surface area contributed by atoms with E-state index in [0.29, 0.717) is 30.3 Å². The van der Waals surface area contributed by atoms with Gasteiger partial charge in [0.2, 0.25) is 0 Å². The number of ketones is 1. The third-order valence-corrected chi connectivity index (χ3v) is 8.35.